The van der Waals surface area contributed by atoms with Crippen LogP contribution in [0.5, 0.6) is 5.95 Å². The summed E-state index contributed by atoms with van der Waals surface area (Å²) >= 11 is 0. The molecule has 1 heterocycles. The quantitative estimate of drug-likeness (QED) is 0.577. The van der Waals surface area contributed by atoms with Crippen molar-refractivity contribution in [3.05, 3.63) is 40.5 Å². The van der Waals surface area contributed by atoms with Crippen LogP contribution >= 0.6 is 0 Å². The van der Waals surface area contributed by atoms with Crippen LogP contribution in [0.15, 0.2) is 39.5 Å². The molecule has 0 radical (unpaired) electrons. The van der Waals surface area contributed by atoms with Crippen LogP contribution in [0.3, 0.4) is 0 Å². The van der Waals surface area contributed by atoms with E-state index in [9.17, 15) is 9.90 Å². The molecule has 0 aliphatic rings. The largest absolute Gasteiger partial charge is 0.579 e. The Morgan fingerprint density at radius 1 is 1.42 bits per heavy atom. The second-order valence-electron chi connectivity index (χ2n) is 2.34. The van der Waals surface area contributed by atoms with Crippen molar-refractivity contribution < 1.29 is 10.9 Å². The summed E-state index contributed by atoms with van der Waals surface area (Å²) in [5, 5.41) is 11.2. The zero-order chi connectivity index (χ0) is 9.42. The van der Waals surface area contributed by atoms with Gasteiger partial charge in [-0.15, -0.1) is 0 Å². The average molecular weight is 162 g/mol. The summed E-state index contributed by atoms with van der Waals surface area (Å²) < 4.78 is 11.8. The Hall–Kier alpha value is -1.77. The van der Waals surface area contributed by atoms with Crippen molar-refractivity contribution in [2.24, 2.45) is 0 Å². The predicted molar refractivity (Wildman–Crippen MR) is 41.9 cm³/mol. The second kappa shape index (κ2) is 2.37. The third kappa shape index (κ3) is 0.955. The maximum Gasteiger partial charge on any atom is 0.188 e. The van der Waals surface area contributed by atoms with E-state index in [4.69, 9.17) is 5.79 Å². The molecule has 0 amide bonds. The van der Waals surface area contributed by atoms with Crippen molar-refractivity contribution in [2.45, 2.75) is 0 Å². The number of hydrogen-bond donors (Lipinski definition) is 0. The van der Waals surface area contributed by atoms with Crippen molar-refractivity contribution in [3.8, 4) is 5.95 Å². The van der Waals surface area contributed by atoms with E-state index in [0.717, 1.165) is 0 Å². The van der Waals surface area contributed by atoms with Crippen molar-refractivity contribution in [1.29, 1.82) is 0 Å². The van der Waals surface area contributed by atoms with Gasteiger partial charge in [0.1, 0.15) is 0 Å². The molecule has 0 spiro atoms. The van der Waals surface area contributed by atoms with Crippen LogP contribution in [0.1, 0.15) is 1.37 Å². The van der Waals surface area contributed by atoms with Gasteiger partial charge in [0.05, 0.1) is 7.32 Å². The molecule has 1 aromatic carbocycles. The van der Waals surface area contributed by atoms with Crippen molar-refractivity contribution >= 4 is 11.0 Å². The molecule has 0 N–H and O–H groups in total. The molecule has 0 aliphatic carbocycles. The molecule has 0 fully saturated rings. The Labute approximate surface area is 69.3 Å². The van der Waals surface area contributed by atoms with Crippen LogP contribution in [0.2, 0.25) is 0 Å². The van der Waals surface area contributed by atoms with E-state index < -0.39 is 17.4 Å². The number of rotatable bonds is 0. The summed E-state index contributed by atoms with van der Waals surface area (Å²) in [6, 6.07) is 5.76. The van der Waals surface area contributed by atoms with Gasteiger partial charge in [0.2, 0.25) is 0 Å². The van der Waals surface area contributed by atoms with Crippen LogP contribution in [-0.4, -0.2) is 0 Å². The van der Waals surface area contributed by atoms with Gasteiger partial charge in [-0.05, 0) is 12.1 Å². The number of hydrogen-bond acceptors (Lipinski definition) is 3. The summed E-state index contributed by atoms with van der Waals surface area (Å²) in [7, 11) is 0. The summed E-state index contributed by atoms with van der Waals surface area (Å²) in [5.41, 5.74) is -0.347. The Kier molecular flexibility index (Phi) is 1.15. The predicted octanol–water partition coefficient (Wildman–Crippen LogP) is 0.867. The molecule has 0 unspecified atom stereocenters. The standard InChI is InChI=1S/C9H6O3/c10-7-5-9(11)12-8-4-2-1-3-6(7)8/h1-5,11H/p-1/i5D. The van der Waals surface area contributed by atoms with Crippen molar-refractivity contribution in [2.75, 3.05) is 0 Å². The van der Waals surface area contributed by atoms with Crippen molar-refractivity contribution in [1.82, 2.24) is 0 Å². The molecule has 60 valence electrons. The molecule has 0 saturated heterocycles. The molecule has 3 nitrogen and oxygen atoms in total. The first-order chi connectivity index (χ1) is 6.20. The van der Waals surface area contributed by atoms with Gasteiger partial charge in [0.25, 0.3) is 0 Å². The lowest BCUT2D eigenvalue weighted by Gasteiger charge is -2.04. The van der Waals surface area contributed by atoms with Gasteiger partial charge >= 0.3 is 0 Å². The first-order valence-electron chi connectivity index (χ1n) is 3.89. The number of fused-ring (bicyclic) bond motifs is 1. The number of para-hydroxylation sites is 1. The van der Waals surface area contributed by atoms with Gasteiger partial charge in [0.15, 0.2) is 5.43 Å². The third-order valence-corrected chi connectivity index (χ3v) is 1.55. The summed E-state index contributed by atoms with van der Waals surface area (Å²) in [5.74, 6) is -0.885. The van der Waals surface area contributed by atoms with E-state index in [1.165, 1.54) is 12.1 Å². The van der Waals surface area contributed by atoms with E-state index in [-0.39, 0.29) is 11.0 Å². The molecule has 3 heteroatoms. The minimum absolute atomic E-state index is 0.230. The SMILES string of the molecule is [2H]c1c([O-])oc2ccccc2c1=O. The fraction of sp³-hybridized carbons (Fsp3) is 0. The number of benzene rings is 1. The van der Waals surface area contributed by atoms with Gasteiger partial charge in [-0.2, -0.15) is 0 Å². The third-order valence-electron chi connectivity index (χ3n) is 1.55. The van der Waals surface area contributed by atoms with Crippen LogP contribution < -0.4 is 10.5 Å². The lowest BCUT2D eigenvalue weighted by atomic mass is 10.2. The lowest BCUT2D eigenvalue weighted by molar-refractivity contribution is -0.293. The van der Waals surface area contributed by atoms with Gasteiger partial charge in [-0.25, -0.2) is 0 Å². The highest BCUT2D eigenvalue weighted by atomic mass is 16.5. The molecule has 0 saturated carbocycles. The van der Waals surface area contributed by atoms with Gasteiger partial charge in [-0.1, -0.05) is 12.1 Å². The summed E-state index contributed by atoms with van der Waals surface area (Å²) in [6.07, 6.45) is 0. The van der Waals surface area contributed by atoms with Gasteiger partial charge in [0, 0.05) is 17.0 Å². The molecule has 12 heavy (non-hydrogen) atoms. The zero-order valence-corrected chi connectivity index (χ0v) is 6.03. The Bertz CT molecular complexity index is 516. The Morgan fingerprint density at radius 3 is 3.00 bits per heavy atom. The topological polar surface area (TPSA) is 53.3 Å². The first kappa shape index (κ1) is 5.83. The van der Waals surface area contributed by atoms with E-state index in [0.29, 0.717) is 0 Å². The van der Waals surface area contributed by atoms with Crippen LogP contribution in [0, 0.1) is 0 Å². The van der Waals surface area contributed by atoms with Gasteiger partial charge < -0.3 is 9.52 Å². The highest BCUT2D eigenvalue weighted by molar-refractivity contribution is 5.76. The molecular formula is C9H5O3-. The smallest absolute Gasteiger partial charge is 0.188 e. The van der Waals surface area contributed by atoms with Crippen LogP contribution in [0.4, 0.5) is 0 Å². The fourth-order valence-electron chi connectivity index (χ4n) is 1.03. The lowest BCUT2D eigenvalue weighted by Crippen LogP contribution is -2.02. The van der Waals surface area contributed by atoms with Crippen LogP contribution in [-0.2, 0) is 0 Å². The minimum Gasteiger partial charge on any atom is -0.579 e. The van der Waals surface area contributed by atoms with E-state index in [2.05, 4.69) is 0 Å². The molecule has 0 bridgehead atoms. The molecule has 0 atom stereocenters. The normalized spacial score (nSPS) is 11.5. The molecule has 0 aliphatic heterocycles. The molecular weight excluding hydrogens is 156 g/mol. The van der Waals surface area contributed by atoms with E-state index >= 15 is 0 Å². The second-order valence-corrected chi connectivity index (χ2v) is 2.34. The average Bonchev–Trinajstić information content (AvgIpc) is 2.15. The highest BCUT2D eigenvalue weighted by Gasteiger charge is 1.93. The maximum absolute atomic E-state index is 11.3. The van der Waals surface area contributed by atoms with Gasteiger partial charge in [-0.3, -0.25) is 4.79 Å². The zero-order valence-electron chi connectivity index (χ0n) is 7.03. The van der Waals surface area contributed by atoms with E-state index in [1.54, 1.807) is 12.1 Å². The Balaban J connectivity index is 3.03. The highest BCUT2D eigenvalue weighted by Crippen LogP contribution is 2.12. The maximum atomic E-state index is 11.3. The van der Waals surface area contributed by atoms with E-state index in [1.807, 2.05) is 0 Å². The molecule has 2 rings (SSSR count). The first-order valence-corrected chi connectivity index (χ1v) is 3.39. The summed E-state index contributed by atoms with van der Waals surface area (Å²) in [6.45, 7) is 0. The molecule has 1 aromatic heterocycles. The fourth-order valence-corrected chi connectivity index (χ4v) is 1.03. The minimum atomic E-state index is -0.885. The summed E-state index contributed by atoms with van der Waals surface area (Å²) in [4.78, 5) is 11.3. The monoisotopic (exact) mass is 162 g/mol. The van der Waals surface area contributed by atoms with Crippen LogP contribution in [0.25, 0.3) is 11.0 Å². The Morgan fingerprint density at radius 2 is 2.17 bits per heavy atom. The molecule has 2 aromatic rings. The van der Waals surface area contributed by atoms with Crippen molar-refractivity contribution in [3.63, 3.8) is 0 Å².